The second-order valence-electron chi connectivity index (χ2n) is 17.1. The van der Waals surface area contributed by atoms with Crippen LogP contribution in [0.15, 0.2) is 48.6 Å². The average Bonchev–Trinajstić information content (AvgIpc) is 3.24. The molecule has 0 saturated heterocycles. The van der Waals surface area contributed by atoms with Gasteiger partial charge in [0.2, 0.25) is 0 Å². The molecule has 0 fully saturated rings. The SMILES string of the molecule is CC/C=C\C/C=C\C/C=C\CCCCCCCCCCCC(=O)OCC(COC(=O)CCC/C=C\CCCCCC)OC(=O)CCCCCCCCCCCCCCCC. The van der Waals surface area contributed by atoms with Crippen LogP contribution in [0.2, 0.25) is 0 Å². The lowest BCUT2D eigenvalue weighted by Crippen LogP contribution is -2.30. The van der Waals surface area contributed by atoms with Crippen LogP contribution in [0.25, 0.3) is 0 Å². The molecular weight excluding hydrogens is 745 g/mol. The van der Waals surface area contributed by atoms with E-state index in [2.05, 4.69) is 69.4 Å². The highest BCUT2D eigenvalue weighted by Gasteiger charge is 2.19. The van der Waals surface area contributed by atoms with Gasteiger partial charge in [0.15, 0.2) is 6.10 Å². The Balaban J connectivity index is 4.30. The number of unbranched alkanes of at least 4 members (excludes halogenated alkanes) is 27. The molecule has 0 aromatic carbocycles. The molecule has 0 aromatic heterocycles. The summed E-state index contributed by atoms with van der Waals surface area (Å²) in [5.74, 6) is -0.917. The number of allylic oxidation sites excluding steroid dienone is 8. The molecule has 0 spiro atoms. The van der Waals surface area contributed by atoms with Crippen molar-refractivity contribution in [3.63, 3.8) is 0 Å². The van der Waals surface area contributed by atoms with Gasteiger partial charge in [-0.05, 0) is 70.6 Å². The first-order valence-electron chi connectivity index (χ1n) is 25.6. The zero-order valence-electron chi connectivity index (χ0n) is 39.7. The van der Waals surface area contributed by atoms with Crippen LogP contribution in [0.1, 0.15) is 258 Å². The fourth-order valence-electron chi connectivity index (χ4n) is 7.23. The van der Waals surface area contributed by atoms with E-state index in [0.717, 1.165) is 77.0 Å². The molecule has 0 aliphatic carbocycles. The Morgan fingerprint density at radius 3 is 1.12 bits per heavy atom. The van der Waals surface area contributed by atoms with E-state index in [9.17, 15) is 14.4 Å². The van der Waals surface area contributed by atoms with Crippen molar-refractivity contribution in [1.82, 2.24) is 0 Å². The molecule has 1 atom stereocenters. The summed E-state index contributed by atoms with van der Waals surface area (Å²) >= 11 is 0. The molecule has 60 heavy (non-hydrogen) atoms. The molecule has 0 heterocycles. The van der Waals surface area contributed by atoms with Gasteiger partial charge in [-0.2, -0.15) is 0 Å². The summed E-state index contributed by atoms with van der Waals surface area (Å²) in [6, 6.07) is 0. The van der Waals surface area contributed by atoms with E-state index in [-0.39, 0.29) is 31.1 Å². The Hall–Kier alpha value is -2.63. The molecule has 0 aliphatic rings. The number of hydrogen-bond donors (Lipinski definition) is 0. The van der Waals surface area contributed by atoms with Gasteiger partial charge < -0.3 is 14.2 Å². The predicted octanol–water partition coefficient (Wildman–Crippen LogP) is 16.7. The first-order valence-corrected chi connectivity index (χ1v) is 25.6. The summed E-state index contributed by atoms with van der Waals surface area (Å²) < 4.78 is 16.7. The summed E-state index contributed by atoms with van der Waals surface area (Å²) in [4.78, 5) is 37.8. The van der Waals surface area contributed by atoms with Crippen molar-refractivity contribution in [2.75, 3.05) is 13.2 Å². The molecule has 0 N–H and O–H groups in total. The van der Waals surface area contributed by atoms with Crippen molar-refractivity contribution in [3.05, 3.63) is 48.6 Å². The summed E-state index contributed by atoms with van der Waals surface area (Å²) in [6.45, 7) is 6.48. The molecule has 0 aromatic rings. The number of rotatable bonds is 46. The average molecular weight is 841 g/mol. The minimum Gasteiger partial charge on any atom is -0.462 e. The van der Waals surface area contributed by atoms with Crippen molar-refractivity contribution in [3.8, 4) is 0 Å². The zero-order valence-corrected chi connectivity index (χ0v) is 39.7. The van der Waals surface area contributed by atoms with Gasteiger partial charge in [0.1, 0.15) is 13.2 Å². The highest BCUT2D eigenvalue weighted by Crippen LogP contribution is 2.15. The second kappa shape index (κ2) is 49.0. The van der Waals surface area contributed by atoms with Crippen LogP contribution in [0, 0.1) is 0 Å². The molecule has 0 bridgehead atoms. The molecule has 0 radical (unpaired) electrons. The fourth-order valence-corrected chi connectivity index (χ4v) is 7.23. The smallest absolute Gasteiger partial charge is 0.306 e. The van der Waals surface area contributed by atoms with Crippen LogP contribution in [-0.2, 0) is 28.6 Å². The van der Waals surface area contributed by atoms with Gasteiger partial charge in [0, 0.05) is 19.3 Å². The maximum absolute atomic E-state index is 12.8. The lowest BCUT2D eigenvalue weighted by Gasteiger charge is -2.18. The highest BCUT2D eigenvalue weighted by atomic mass is 16.6. The van der Waals surface area contributed by atoms with E-state index < -0.39 is 6.10 Å². The van der Waals surface area contributed by atoms with Crippen molar-refractivity contribution in [2.45, 2.75) is 264 Å². The molecule has 348 valence electrons. The van der Waals surface area contributed by atoms with Crippen LogP contribution in [0.5, 0.6) is 0 Å². The lowest BCUT2D eigenvalue weighted by atomic mass is 10.0. The standard InChI is InChI=1S/C54H96O6/c1-4-7-10-13-16-19-21-23-25-26-27-28-29-31-32-35-38-41-44-47-53(56)59-50-51(49-58-52(55)46-43-40-37-34-18-15-12-9-6-3)60-54(57)48-45-42-39-36-33-30-24-22-20-17-14-11-8-5-2/h7,10,16,19,23,25,34,37,51H,4-6,8-9,11-15,17-18,20-22,24,26-33,35-36,38-50H2,1-3H3/b10-7-,19-16-,25-23-,37-34-. The predicted molar refractivity (Wildman–Crippen MR) is 256 cm³/mol. The van der Waals surface area contributed by atoms with Gasteiger partial charge >= 0.3 is 17.9 Å². The number of carbonyl (C=O) groups excluding carboxylic acids is 3. The highest BCUT2D eigenvalue weighted by molar-refractivity contribution is 5.71. The fraction of sp³-hybridized carbons (Fsp3) is 0.796. The first-order chi connectivity index (χ1) is 29.5. The van der Waals surface area contributed by atoms with Crippen molar-refractivity contribution >= 4 is 17.9 Å². The van der Waals surface area contributed by atoms with Gasteiger partial charge in [0.25, 0.3) is 0 Å². The Morgan fingerprint density at radius 1 is 0.350 bits per heavy atom. The molecule has 0 saturated carbocycles. The van der Waals surface area contributed by atoms with Crippen LogP contribution in [0.3, 0.4) is 0 Å². The summed E-state index contributed by atoms with van der Waals surface area (Å²) in [5, 5.41) is 0. The van der Waals surface area contributed by atoms with Gasteiger partial charge in [-0.25, -0.2) is 0 Å². The third-order valence-corrected chi connectivity index (χ3v) is 11.1. The van der Waals surface area contributed by atoms with Crippen LogP contribution in [0.4, 0.5) is 0 Å². The largest absolute Gasteiger partial charge is 0.462 e. The van der Waals surface area contributed by atoms with Gasteiger partial charge in [-0.3, -0.25) is 14.4 Å². The topological polar surface area (TPSA) is 78.9 Å². The van der Waals surface area contributed by atoms with Gasteiger partial charge in [0.05, 0.1) is 0 Å². The molecule has 1 unspecified atom stereocenters. The minimum atomic E-state index is -0.781. The van der Waals surface area contributed by atoms with Crippen molar-refractivity contribution in [2.24, 2.45) is 0 Å². The Labute approximate surface area is 371 Å². The molecule has 0 amide bonds. The van der Waals surface area contributed by atoms with Crippen LogP contribution < -0.4 is 0 Å². The van der Waals surface area contributed by atoms with Gasteiger partial charge in [-0.15, -0.1) is 0 Å². The Bertz CT molecular complexity index is 1060. The monoisotopic (exact) mass is 841 g/mol. The normalized spacial score (nSPS) is 12.4. The second-order valence-corrected chi connectivity index (χ2v) is 17.1. The molecular formula is C54H96O6. The molecule has 6 nitrogen and oxygen atoms in total. The summed E-state index contributed by atoms with van der Waals surface area (Å²) in [7, 11) is 0. The zero-order chi connectivity index (χ0) is 43.7. The Kier molecular flexibility index (Phi) is 46.9. The summed E-state index contributed by atoms with van der Waals surface area (Å²) in [6.07, 6.45) is 58.2. The maximum atomic E-state index is 12.8. The van der Waals surface area contributed by atoms with E-state index in [4.69, 9.17) is 14.2 Å². The Morgan fingerprint density at radius 2 is 0.667 bits per heavy atom. The van der Waals surface area contributed by atoms with Crippen molar-refractivity contribution in [1.29, 1.82) is 0 Å². The van der Waals surface area contributed by atoms with E-state index in [0.29, 0.717) is 19.3 Å². The first kappa shape index (κ1) is 57.4. The van der Waals surface area contributed by atoms with E-state index in [1.807, 2.05) is 0 Å². The maximum Gasteiger partial charge on any atom is 0.306 e. The number of carbonyl (C=O) groups is 3. The van der Waals surface area contributed by atoms with Crippen molar-refractivity contribution < 1.29 is 28.6 Å². The molecule has 0 rings (SSSR count). The number of ether oxygens (including phenoxy) is 3. The number of hydrogen-bond acceptors (Lipinski definition) is 6. The third kappa shape index (κ3) is 46.4. The van der Waals surface area contributed by atoms with E-state index in [1.54, 1.807) is 0 Å². The van der Waals surface area contributed by atoms with E-state index in [1.165, 1.54) is 141 Å². The number of esters is 3. The van der Waals surface area contributed by atoms with E-state index >= 15 is 0 Å². The minimum absolute atomic E-state index is 0.0822. The van der Waals surface area contributed by atoms with Crippen LogP contribution >= 0.6 is 0 Å². The van der Waals surface area contributed by atoms with Gasteiger partial charge in [-0.1, -0.05) is 217 Å². The summed E-state index contributed by atoms with van der Waals surface area (Å²) in [5.41, 5.74) is 0. The molecule has 0 aliphatic heterocycles. The quantitative estimate of drug-likeness (QED) is 0.0263. The third-order valence-electron chi connectivity index (χ3n) is 11.1. The van der Waals surface area contributed by atoms with Crippen LogP contribution in [-0.4, -0.2) is 37.2 Å². The molecule has 6 heteroatoms. The lowest BCUT2D eigenvalue weighted by molar-refractivity contribution is -0.167.